The summed E-state index contributed by atoms with van der Waals surface area (Å²) in [5, 5.41) is 12.4. The number of pyridine rings is 1. The Balaban J connectivity index is 2.16. The zero-order chi connectivity index (χ0) is 12.8. The SMILES string of the molecule is CCc1cnccc1-c1noc(CCCC#N)n1. The van der Waals surface area contributed by atoms with Gasteiger partial charge in [0.1, 0.15) is 0 Å². The molecule has 5 heteroatoms. The third kappa shape index (κ3) is 2.72. The van der Waals surface area contributed by atoms with E-state index in [1.165, 1.54) is 0 Å². The summed E-state index contributed by atoms with van der Waals surface area (Å²) < 4.78 is 5.17. The monoisotopic (exact) mass is 242 g/mol. The predicted molar refractivity (Wildman–Crippen MR) is 65.5 cm³/mol. The smallest absolute Gasteiger partial charge is 0.226 e. The van der Waals surface area contributed by atoms with Crippen molar-refractivity contribution < 1.29 is 4.52 Å². The highest BCUT2D eigenvalue weighted by atomic mass is 16.5. The van der Waals surface area contributed by atoms with Gasteiger partial charge < -0.3 is 4.52 Å². The van der Waals surface area contributed by atoms with Gasteiger partial charge in [0, 0.05) is 30.8 Å². The lowest BCUT2D eigenvalue weighted by atomic mass is 10.1. The summed E-state index contributed by atoms with van der Waals surface area (Å²) in [6.07, 6.45) is 6.32. The average Bonchev–Trinajstić information content (AvgIpc) is 2.88. The van der Waals surface area contributed by atoms with E-state index in [1.54, 1.807) is 6.20 Å². The molecule has 5 nitrogen and oxygen atoms in total. The Morgan fingerprint density at radius 3 is 3.11 bits per heavy atom. The number of aryl methyl sites for hydroxylation is 2. The molecule has 92 valence electrons. The molecule has 0 fully saturated rings. The minimum Gasteiger partial charge on any atom is -0.339 e. The van der Waals surface area contributed by atoms with Gasteiger partial charge in [-0.15, -0.1) is 0 Å². The Bertz CT molecular complexity index is 556. The first-order chi connectivity index (χ1) is 8.85. The molecule has 2 aromatic rings. The lowest BCUT2D eigenvalue weighted by molar-refractivity contribution is 0.376. The van der Waals surface area contributed by atoms with Crippen molar-refractivity contribution in [2.45, 2.75) is 32.6 Å². The molecule has 0 bridgehead atoms. The van der Waals surface area contributed by atoms with E-state index in [4.69, 9.17) is 9.78 Å². The van der Waals surface area contributed by atoms with E-state index in [9.17, 15) is 0 Å². The molecule has 2 rings (SSSR count). The van der Waals surface area contributed by atoms with Crippen molar-refractivity contribution in [3.8, 4) is 17.5 Å². The third-order valence-corrected chi connectivity index (χ3v) is 2.67. The Morgan fingerprint density at radius 1 is 1.44 bits per heavy atom. The largest absolute Gasteiger partial charge is 0.339 e. The van der Waals surface area contributed by atoms with Crippen LogP contribution in [0.4, 0.5) is 0 Å². The molecule has 0 unspecified atom stereocenters. The number of nitriles is 1. The van der Waals surface area contributed by atoms with Crippen LogP contribution in [-0.2, 0) is 12.8 Å². The number of hydrogen-bond acceptors (Lipinski definition) is 5. The van der Waals surface area contributed by atoms with Gasteiger partial charge in [0.05, 0.1) is 6.07 Å². The maximum Gasteiger partial charge on any atom is 0.226 e. The Hall–Kier alpha value is -2.22. The average molecular weight is 242 g/mol. The first-order valence-corrected chi connectivity index (χ1v) is 5.98. The van der Waals surface area contributed by atoms with E-state index >= 15 is 0 Å². The predicted octanol–water partition coefficient (Wildman–Crippen LogP) is 2.54. The van der Waals surface area contributed by atoms with Crippen molar-refractivity contribution in [1.29, 1.82) is 5.26 Å². The fourth-order valence-electron chi connectivity index (χ4n) is 1.71. The summed E-state index contributed by atoms with van der Waals surface area (Å²) in [7, 11) is 0. The maximum atomic E-state index is 8.47. The topological polar surface area (TPSA) is 75.6 Å². The maximum absolute atomic E-state index is 8.47. The van der Waals surface area contributed by atoms with Crippen LogP contribution in [0.2, 0.25) is 0 Å². The zero-order valence-corrected chi connectivity index (χ0v) is 10.3. The first-order valence-electron chi connectivity index (χ1n) is 5.98. The number of nitrogens with zero attached hydrogens (tertiary/aromatic N) is 4. The first kappa shape index (κ1) is 12.2. The van der Waals surface area contributed by atoms with E-state index < -0.39 is 0 Å². The van der Waals surface area contributed by atoms with Gasteiger partial charge in [0.15, 0.2) is 0 Å². The molecular weight excluding hydrogens is 228 g/mol. The van der Waals surface area contributed by atoms with Crippen LogP contribution in [0, 0.1) is 11.3 Å². The number of aromatic nitrogens is 3. The number of unbranched alkanes of at least 4 members (excludes halogenated alkanes) is 1. The molecule has 0 amide bonds. The summed E-state index contributed by atoms with van der Waals surface area (Å²) in [5.74, 6) is 1.18. The lowest BCUT2D eigenvalue weighted by Gasteiger charge is -2.00. The molecule has 0 N–H and O–H groups in total. The van der Waals surface area contributed by atoms with Crippen molar-refractivity contribution in [3.05, 3.63) is 29.9 Å². The highest BCUT2D eigenvalue weighted by Gasteiger charge is 2.11. The van der Waals surface area contributed by atoms with Crippen LogP contribution in [0.3, 0.4) is 0 Å². The molecule has 0 aliphatic carbocycles. The summed E-state index contributed by atoms with van der Waals surface area (Å²) in [4.78, 5) is 8.43. The second kappa shape index (κ2) is 5.92. The fourth-order valence-corrected chi connectivity index (χ4v) is 1.71. The number of hydrogen-bond donors (Lipinski definition) is 0. The van der Waals surface area contributed by atoms with Crippen molar-refractivity contribution in [2.75, 3.05) is 0 Å². The molecule has 0 atom stereocenters. The van der Waals surface area contributed by atoms with Crippen LogP contribution >= 0.6 is 0 Å². The van der Waals surface area contributed by atoms with Gasteiger partial charge in [0.25, 0.3) is 0 Å². The second-order valence-corrected chi connectivity index (χ2v) is 3.91. The Morgan fingerprint density at radius 2 is 2.33 bits per heavy atom. The molecule has 0 aliphatic heterocycles. The third-order valence-electron chi connectivity index (χ3n) is 2.67. The quantitative estimate of drug-likeness (QED) is 0.753. The van der Waals surface area contributed by atoms with Gasteiger partial charge in [0.2, 0.25) is 11.7 Å². The normalized spacial score (nSPS) is 10.2. The van der Waals surface area contributed by atoms with Gasteiger partial charge >= 0.3 is 0 Å². The van der Waals surface area contributed by atoms with Crippen LogP contribution in [0.5, 0.6) is 0 Å². The van der Waals surface area contributed by atoms with Crippen LogP contribution in [0.15, 0.2) is 23.0 Å². The van der Waals surface area contributed by atoms with Gasteiger partial charge in [-0.05, 0) is 24.5 Å². The van der Waals surface area contributed by atoms with Crippen molar-refractivity contribution in [1.82, 2.24) is 15.1 Å². The molecule has 0 aromatic carbocycles. The molecule has 18 heavy (non-hydrogen) atoms. The molecule has 2 heterocycles. The summed E-state index contributed by atoms with van der Waals surface area (Å²) >= 11 is 0. The van der Waals surface area contributed by atoms with E-state index in [2.05, 4.69) is 28.1 Å². The van der Waals surface area contributed by atoms with E-state index in [0.717, 1.165) is 24.0 Å². The van der Waals surface area contributed by atoms with Gasteiger partial charge in [-0.2, -0.15) is 10.2 Å². The van der Waals surface area contributed by atoms with E-state index in [1.807, 2.05) is 12.3 Å². The molecule has 0 radical (unpaired) electrons. The summed E-state index contributed by atoms with van der Waals surface area (Å²) in [5.41, 5.74) is 2.06. The Kier molecular flexibility index (Phi) is 4.02. The lowest BCUT2D eigenvalue weighted by Crippen LogP contribution is -1.91. The summed E-state index contributed by atoms with van der Waals surface area (Å²) in [6.45, 7) is 2.06. The van der Waals surface area contributed by atoms with Gasteiger partial charge in [-0.25, -0.2) is 0 Å². The Labute approximate surface area is 105 Å². The van der Waals surface area contributed by atoms with Crippen molar-refractivity contribution in [2.24, 2.45) is 0 Å². The highest BCUT2D eigenvalue weighted by Crippen LogP contribution is 2.20. The standard InChI is InChI=1S/C13H14N4O/c1-2-10-9-15-8-6-11(10)13-16-12(18-17-13)5-3-4-7-14/h6,8-9H,2-5H2,1H3. The van der Waals surface area contributed by atoms with Crippen LogP contribution in [-0.4, -0.2) is 15.1 Å². The van der Waals surface area contributed by atoms with Crippen LogP contribution < -0.4 is 0 Å². The molecule has 0 saturated heterocycles. The zero-order valence-electron chi connectivity index (χ0n) is 10.3. The van der Waals surface area contributed by atoms with Crippen LogP contribution in [0.25, 0.3) is 11.4 Å². The molecule has 0 spiro atoms. The van der Waals surface area contributed by atoms with E-state index in [0.29, 0.717) is 24.6 Å². The van der Waals surface area contributed by atoms with Gasteiger partial charge in [-0.1, -0.05) is 12.1 Å². The van der Waals surface area contributed by atoms with Crippen molar-refractivity contribution in [3.63, 3.8) is 0 Å². The fraction of sp³-hybridized carbons (Fsp3) is 0.385. The number of rotatable bonds is 5. The van der Waals surface area contributed by atoms with E-state index in [-0.39, 0.29) is 0 Å². The van der Waals surface area contributed by atoms with Gasteiger partial charge in [-0.3, -0.25) is 4.98 Å². The minimum atomic E-state index is 0.507. The summed E-state index contributed by atoms with van der Waals surface area (Å²) in [6, 6.07) is 3.99. The highest BCUT2D eigenvalue weighted by molar-refractivity contribution is 5.58. The molecular formula is C13H14N4O. The molecule has 0 saturated carbocycles. The van der Waals surface area contributed by atoms with Crippen LogP contribution in [0.1, 0.15) is 31.2 Å². The molecule has 0 aliphatic rings. The minimum absolute atomic E-state index is 0.507. The molecule has 2 aromatic heterocycles. The second-order valence-electron chi connectivity index (χ2n) is 3.91. The van der Waals surface area contributed by atoms with Crippen molar-refractivity contribution >= 4 is 0 Å².